The molecule has 0 atom stereocenters. The smallest absolute Gasteiger partial charge is 0.317 e. The molecule has 138 valence electrons. The molecule has 0 aromatic heterocycles. The molecular formula is C16H23N3O5S. The average molecular weight is 369 g/mol. The monoisotopic (exact) mass is 369 g/mol. The lowest BCUT2D eigenvalue weighted by Gasteiger charge is -2.42. The summed E-state index contributed by atoms with van der Waals surface area (Å²) in [5.41, 5.74) is 0.494. The molecule has 0 radical (unpaired) electrons. The van der Waals surface area contributed by atoms with Gasteiger partial charge < -0.3 is 10.4 Å². The predicted octanol–water partition coefficient (Wildman–Crippen LogP) is 0.725. The zero-order valence-corrected chi connectivity index (χ0v) is 15.0. The number of carboxylic acids is 1. The summed E-state index contributed by atoms with van der Waals surface area (Å²) in [5.74, 6) is -1.22. The van der Waals surface area contributed by atoms with Crippen LogP contribution in [0, 0.1) is 0 Å². The number of sulfonamides is 1. The van der Waals surface area contributed by atoms with Crippen molar-refractivity contribution in [3.63, 3.8) is 0 Å². The van der Waals surface area contributed by atoms with Crippen molar-refractivity contribution in [3.8, 4) is 0 Å². The van der Waals surface area contributed by atoms with Gasteiger partial charge in [-0.2, -0.15) is 0 Å². The Morgan fingerprint density at radius 2 is 1.92 bits per heavy atom. The lowest BCUT2D eigenvalue weighted by molar-refractivity contribution is -0.139. The molecule has 1 amide bonds. The number of nitrogens with zero attached hydrogens (tertiary/aromatic N) is 1. The number of carbonyl (C=O) groups is 2. The molecule has 0 bridgehead atoms. The maximum Gasteiger partial charge on any atom is 0.317 e. The van der Waals surface area contributed by atoms with Crippen LogP contribution in [0.2, 0.25) is 0 Å². The van der Waals surface area contributed by atoms with E-state index in [1.807, 2.05) is 11.8 Å². The number of likely N-dealkylation sites (N-methyl/N-ethyl adjacent to an activating group) is 1. The zero-order chi connectivity index (χ0) is 18.6. The topological polar surface area (TPSA) is 116 Å². The van der Waals surface area contributed by atoms with Crippen LogP contribution in [-0.4, -0.2) is 61.7 Å². The summed E-state index contributed by atoms with van der Waals surface area (Å²) >= 11 is 0. The van der Waals surface area contributed by atoms with Crippen LogP contribution >= 0.6 is 0 Å². The Morgan fingerprint density at radius 1 is 1.28 bits per heavy atom. The number of para-hydroxylation sites is 1. The van der Waals surface area contributed by atoms with Crippen molar-refractivity contribution in [3.05, 3.63) is 29.8 Å². The maximum atomic E-state index is 12.4. The number of hydrogen-bond acceptors (Lipinski definition) is 5. The van der Waals surface area contributed by atoms with Crippen LogP contribution in [0.25, 0.3) is 0 Å². The number of rotatable bonds is 8. The second-order valence-electron chi connectivity index (χ2n) is 6.17. The summed E-state index contributed by atoms with van der Waals surface area (Å²) in [7, 11) is -3.48. The van der Waals surface area contributed by atoms with E-state index in [0.29, 0.717) is 19.4 Å². The fourth-order valence-electron chi connectivity index (χ4n) is 2.91. The molecule has 1 saturated carbocycles. The van der Waals surface area contributed by atoms with Gasteiger partial charge in [-0.25, -0.2) is 8.42 Å². The first-order chi connectivity index (χ1) is 11.7. The van der Waals surface area contributed by atoms with Crippen LogP contribution in [0.5, 0.6) is 0 Å². The van der Waals surface area contributed by atoms with Crippen molar-refractivity contribution >= 4 is 27.6 Å². The number of carbonyl (C=O) groups excluding carboxylic acids is 1. The number of hydrogen-bond donors (Lipinski definition) is 3. The lowest BCUT2D eigenvalue weighted by Crippen LogP contribution is -2.54. The SMILES string of the molecule is CCN(CC(=O)O)C1CC(NC(=O)c2ccccc2NS(C)(=O)=O)C1. The zero-order valence-electron chi connectivity index (χ0n) is 14.2. The molecule has 9 heteroatoms. The minimum atomic E-state index is -3.48. The first-order valence-corrected chi connectivity index (χ1v) is 9.92. The van der Waals surface area contributed by atoms with Gasteiger partial charge in [0, 0.05) is 12.1 Å². The third kappa shape index (κ3) is 5.43. The van der Waals surface area contributed by atoms with Gasteiger partial charge in [-0.1, -0.05) is 19.1 Å². The van der Waals surface area contributed by atoms with Crippen LogP contribution in [-0.2, 0) is 14.8 Å². The van der Waals surface area contributed by atoms with Crippen molar-refractivity contribution in [1.82, 2.24) is 10.2 Å². The molecule has 1 aromatic rings. The van der Waals surface area contributed by atoms with E-state index in [4.69, 9.17) is 5.11 Å². The first-order valence-electron chi connectivity index (χ1n) is 8.03. The van der Waals surface area contributed by atoms with Gasteiger partial charge >= 0.3 is 5.97 Å². The van der Waals surface area contributed by atoms with Crippen molar-refractivity contribution in [1.29, 1.82) is 0 Å². The van der Waals surface area contributed by atoms with Crippen molar-refractivity contribution in [2.45, 2.75) is 31.8 Å². The van der Waals surface area contributed by atoms with Crippen LogP contribution < -0.4 is 10.0 Å². The number of anilines is 1. The summed E-state index contributed by atoms with van der Waals surface area (Å²) in [4.78, 5) is 25.1. The molecule has 0 spiro atoms. The molecule has 25 heavy (non-hydrogen) atoms. The average Bonchev–Trinajstić information content (AvgIpc) is 2.47. The summed E-state index contributed by atoms with van der Waals surface area (Å²) < 4.78 is 25.2. The molecule has 3 N–H and O–H groups in total. The molecule has 1 aliphatic carbocycles. The molecule has 8 nitrogen and oxygen atoms in total. The molecule has 1 aliphatic rings. The van der Waals surface area contributed by atoms with E-state index in [1.54, 1.807) is 18.2 Å². The highest BCUT2D eigenvalue weighted by Gasteiger charge is 2.35. The molecule has 1 aromatic carbocycles. The molecule has 2 rings (SSSR count). The van der Waals surface area contributed by atoms with Gasteiger partial charge in [0.05, 0.1) is 24.1 Å². The maximum absolute atomic E-state index is 12.4. The lowest BCUT2D eigenvalue weighted by atomic mass is 9.85. The van der Waals surface area contributed by atoms with Gasteiger partial charge in [0.15, 0.2) is 0 Å². The Bertz CT molecular complexity index is 744. The van der Waals surface area contributed by atoms with Crippen LogP contribution in [0.3, 0.4) is 0 Å². The van der Waals surface area contributed by atoms with Crippen LogP contribution in [0.15, 0.2) is 24.3 Å². The van der Waals surface area contributed by atoms with Gasteiger partial charge in [-0.15, -0.1) is 0 Å². The molecule has 0 aliphatic heterocycles. The fourth-order valence-corrected chi connectivity index (χ4v) is 3.49. The van der Waals surface area contributed by atoms with Crippen molar-refractivity contribution in [2.75, 3.05) is 24.1 Å². The Kier molecular flexibility index (Phi) is 6.02. The minimum absolute atomic E-state index is 0.0110. The largest absolute Gasteiger partial charge is 0.480 e. The van der Waals surface area contributed by atoms with E-state index < -0.39 is 16.0 Å². The minimum Gasteiger partial charge on any atom is -0.480 e. The van der Waals surface area contributed by atoms with Gasteiger partial charge in [-0.3, -0.25) is 19.2 Å². The highest BCUT2D eigenvalue weighted by molar-refractivity contribution is 7.92. The molecular weight excluding hydrogens is 346 g/mol. The normalized spacial score (nSPS) is 20.0. The molecule has 0 heterocycles. The van der Waals surface area contributed by atoms with Gasteiger partial charge in [0.2, 0.25) is 10.0 Å². The van der Waals surface area contributed by atoms with Gasteiger partial charge in [0.1, 0.15) is 0 Å². The van der Waals surface area contributed by atoms with Gasteiger partial charge in [0.25, 0.3) is 5.91 Å². The number of carboxylic acid groups (broad SMARTS) is 1. The Labute approximate surface area is 147 Å². The second-order valence-corrected chi connectivity index (χ2v) is 7.92. The highest BCUT2D eigenvalue weighted by atomic mass is 32.2. The second kappa shape index (κ2) is 7.83. The van der Waals surface area contributed by atoms with Gasteiger partial charge in [-0.05, 0) is 31.5 Å². The first kappa shape index (κ1) is 19.2. The van der Waals surface area contributed by atoms with Crippen LogP contribution in [0.4, 0.5) is 5.69 Å². The highest BCUT2D eigenvalue weighted by Crippen LogP contribution is 2.26. The van der Waals surface area contributed by atoms with E-state index in [2.05, 4.69) is 10.0 Å². The fraction of sp³-hybridized carbons (Fsp3) is 0.500. The number of aliphatic carboxylic acids is 1. The Balaban J connectivity index is 1.95. The summed E-state index contributed by atoms with van der Waals surface area (Å²) in [6.07, 6.45) is 2.38. The Hall–Kier alpha value is -2.13. The summed E-state index contributed by atoms with van der Waals surface area (Å²) in [5, 5.41) is 11.8. The number of benzene rings is 1. The van der Waals surface area contributed by atoms with E-state index in [9.17, 15) is 18.0 Å². The number of nitrogens with one attached hydrogen (secondary N) is 2. The van der Waals surface area contributed by atoms with E-state index in [1.165, 1.54) is 6.07 Å². The van der Waals surface area contributed by atoms with Crippen molar-refractivity contribution < 1.29 is 23.1 Å². The van der Waals surface area contributed by atoms with E-state index >= 15 is 0 Å². The standard InChI is InChI=1S/C16H23N3O5S/c1-3-19(10-15(20)21)12-8-11(9-12)17-16(22)13-6-4-5-7-14(13)18-25(2,23)24/h4-7,11-12,18H,3,8-10H2,1-2H3,(H,17,22)(H,20,21). The number of amides is 1. The summed E-state index contributed by atoms with van der Waals surface area (Å²) in [6.45, 7) is 2.53. The Morgan fingerprint density at radius 3 is 2.48 bits per heavy atom. The predicted molar refractivity (Wildman–Crippen MR) is 94.1 cm³/mol. The van der Waals surface area contributed by atoms with E-state index in [0.717, 1.165) is 6.26 Å². The quantitative estimate of drug-likeness (QED) is 0.622. The summed E-state index contributed by atoms with van der Waals surface area (Å²) in [6, 6.07) is 6.49. The van der Waals surface area contributed by atoms with Crippen molar-refractivity contribution in [2.24, 2.45) is 0 Å². The molecule has 0 unspecified atom stereocenters. The molecule has 0 saturated heterocycles. The van der Waals surface area contributed by atoms with Crippen LogP contribution in [0.1, 0.15) is 30.1 Å². The third-order valence-electron chi connectivity index (χ3n) is 4.18. The molecule has 1 fully saturated rings. The third-order valence-corrected chi connectivity index (χ3v) is 4.77. The van der Waals surface area contributed by atoms with E-state index in [-0.39, 0.29) is 35.8 Å².